The molecule has 0 bridgehead atoms. The lowest BCUT2D eigenvalue weighted by Gasteiger charge is -2.48. The van der Waals surface area contributed by atoms with Gasteiger partial charge in [0.15, 0.2) is 0 Å². The van der Waals surface area contributed by atoms with Crippen molar-refractivity contribution in [2.24, 2.45) is 5.41 Å². The summed E-state index contributed by atoms with van der Waals surface area (Å²) in [4.78, 5) is 12.7. The monoisotopic (exact) mass is 215 g/mol. The molecule has 0 saturated carbocycles. The number of hydrogen-bond donors (Lipinski definition) is 0. The predicted octanol–water partition coefficient (Wildman–Crippen LogP) is 2.06. The second-order valence-electron chi connectivity index (χ2n) is 5.20. The number of carbonyl (C=O) groups is 1. The van der Waals surface area contributed by atoms with Crippen molar-refractivity contribution in [3.05, 3.63) is 0 Å². The van der Waals surface area contributed by atoms with Gasteiger partial charge in [-0.2, -0.15) is 0 Å². The topological polar surface area (TPSA) is 29.5 Å². The molecule has 0 aromatic rings. The molecule has 0 spiro atoms. The van der Waals surface area contributed by atoms with E-state index in [1.54, 1.807) is 7.11 Å². The van der Waals surface area contributed by atoms with Gasteiger partial charge < -0.3 is 9.64 Å². The van der Waals surface area contributed by atoms with Gasteiger partial charge in [0.2, 0.25) is 5.91 Å². The van der Waals surface area contributed by atoms with Crippen LogP contribution in [-0.4, -0.2) is 36.6 Å². The van der Waals surface area contributed by atoms with E-state index in [-0.39, 0.29) is 17.7 Å². The minimum atomic E-state index is -1.63. The van der Waals surface area contributed by atoms with E-state index >= 15 is 0 Å². The lowest BCUT2D eigenvalue weighted by Crippen LogP contribution is -2.53. The summed E-state index contributed by atoms with van der Waals surface area (Å²) in [5.74, 6) is -0.214. The van der Waals surface area contributed by atoms with Crippen LogP contribution in [-0.2, 0) is 9.53 Å². The van der Waals surface area contributed by atoms with Gasteiger partial charge in [0, 0.05) is 29.8 Å². The zero-order chi connectivity index (χ0) is 13.5. The average molecular weight is 215 g/mol. The molecule has 1 atom stereocenters. The average Bonchev–Trinajstić information content (AvgIpc) is 2.13. The van der Waals surface area contributed by atoms with Crippen molar-refractivity contribution >= 4 is 5.91 Å². The van der Waals surface area contributed by atoms with Gasteiger partial charge in [-0.3, -0.25) is 4.79 Å². The number of likely N-dealkylation sites (tertiary alicyclic amines) is 1. The number of amides is 1. The Morgan fingerprint density at radius 1 is 1.47 bits per heavy atom. The molecule has 0 aromatic heterocycles. The molecule has 15 heavy (non-hydrogen) atoms. The summed E-state index contributed by atoms with van der Waals surface area (Å²) in [6.07, 6.45) is 0.895. The van der Waals surface area contributed by atoms with Gasteiger partial charge in [0.25, 0.3) is 0 Å². The van der Waals surface area contributed by atoms with E-state index in [2.05, 4.69) is 20.8 Å². The number of ether oxygens (including phenoxy) is 1. The molecule has 0 N–H and O–H groups in total. The molecular formula is C12H23NO2. The first kappa shape index (κ1) is 9.64. The number of piperidine rings is 1. The fraction of sp³-hybridized carbons (Fsp3) is 0.917. The van der Waals surface area contributed by atoms with E-state index in [4.69, 9.17) is 7.48 Å². The van der Waals surface area contributed by atoms with Crippen molar-refractivity contribution < 1.29 is 12.3 Å². The van der Waals surface area contributed by atoms with Gasteiger partial charge in [0.1, 0.15) is 0 Å². The van der Waals surface area contributed by atoms with Gasteiger partial charge >= 0.3 is 0 Å². The molecule has 1 amide bonds. The van der Waals surface area contributed by atoms with Crippen molar-refractivity contribution in [3.63, 3.8) is 0 Å². The zero-order valence-corrected chi connectivity index (χ0v) is 10.4. The molecule has 0 aromatic carbocycles. The molecule has 1 heterocycles. The highest BCUT2D eigenvalue weighted by molar-refractivity contribution is 5.73. The van der Waals surface area contributed by atoms with Gasteiger partial charge in [-0.05, 0) is 18.3 Å². The fourth-order valence-electron chi connectivity index (χ4n) is 2.07. The molecule has 1 saturated heterocycles. The van der Waals surface area contributed by atoms with E-state index in [1.807, 2.05) is 0 Å². The summed E-state index contributed by atoms with van der Waals surface area (Å²) >= 11 is 0. The van der Waals surface area contributed by atoms with Crippen LogP contribution in [0.1, 0.15) is 43.3 Å². The van der Waals surface area contributed by atoms with Crippen molar-refractivity contribution in [2.45, 2.75) is 46.1 Å². The Kier molecular flexibility index (Phi) is 2.65. The van der Waals surface area contributed by atoms with E-state index in [9.17, 15) is 4.79 Å². The Labute approximate surface area is 95.6 Å². The maximum atomic E-state index is 11.4. The predicted molar refractivity (Wildman–Crippen MR) is 60.7 cm³/mol. The van der Waals surface area contributed by atoms with Crippen LogP contribution in [0.2, 0.25) is 0 Å². The van der Waals surface area contributed by atoms with Crippen molar-refractivity contribution in [1.29, 1.82) is 0 Å². The number of carbonyl (C=O) groups excluding carboxylic acids is 1. The highest BCUT2D eigenvalue weighted by atomic mass is 16.5. The van der Waals surface area contributed by atoms with E-state index in [0.717, 1.165) is 0 Å². The molecule has 88 valence electrons. The summed E-state index contributed by atoms with van der Waals surface area (Å²) in [6, 6.07) is 0. The summed E-state index contributed by atoms with van der Waals surface area (Å²) in [6.45, 7) is 6.34. The summed E-state index contributed by atoms with van der Waals surface area (Å²) in [5, 5.41) is 0. The van der Waals surface area contributed by atoms with E-state index in [0.29, 0.717) is 13.0 Å². The maximum Gasteiger partial charge on any atom is 0.219 e. The number of hydrogen-bond acceptors (Lipinski definition) is 2. The van der Waals surface area contributed by atoms with Crippen LogP contribution in [0.5, 0.6) is 0 Å². The van der Waals surface area contributed by atoms with Crippen molar-refractivity contribution in [3.8, 4) is 0 Å². The molecule has 1 aliphatic heterocycles. The molecule has 1 fully saturated rings. The first-order valence-electron chi connectivity index (χ1n) is 6.39. The van der Waals surface area contributed by atoms with Gasteiger partial charge in [-0.15, -0.1) is 0 Å². The van der Waals surface area contributed by atoms with Crippen LogP contribution in [0.4, 0.5) is 0 Å². The first-order valence-corrected chi connectivity index (χ1v) is 5.39. The minimum Gasteiger partial charge on any atom is -0.378 e. The maximum absolute atomic E-state index is 11.4. The molecular weight excluding hydrogens is 190 g/mol. The van der Waals surface area contributed by atoms with Gasteiger partial charge in [-0.1, -0.05) is 20.8 Å². The number of methoxy groups -OCH3 is 1. The third-order valence-corrected chi connectivity index (χ3v) is 3.43. The second-order valence-corrected chi connectivity index (χ2v) is 5.20. The SMILES string of the molecule is [2H]C1([2H])CC(OC)(C(C)(C)C)CCN1C(C)=O. The Hall–Kier alpha value is -0.570. The molecule has 3 heteroatoms. The molecule has 1 unspecified atom stereocenters. The fourth-order valence-corrected chi connectivity index (χ4v) is 2.07. The van der Waals surface area contributed by atoms with Crippen molar-refractivity contribution in [1.82, 2.24) is 4.90 Å². The first-order chi connectivity index (χ1) is 7.56. The van der Waals surface area contributed by atoms with Crippen LogP contribution in [0, 0.1) is 5.41 Å². The van der Waals surface area contributed by atoms with Gasteiger partial charge in [0.05, 0.1) is 5.60 Å². The standard InChI is InChI=1S/C12H23NO2/c1-10(14)13-8-6-12(15-5,7-9-13)11(2,3)4/h6-9H2,1-5H3/i8D2. The van der Waals surface area contributed by atoms with Crippen LogP contribution in [0.3, 0.4) is 0 Å². The second kappa shape index (κ2) is 4.12. The third kappa shape index (κ3) is 2.33. The highest BCUT2D eigenvalue weighted by Gasteiger charge is 2.44. The summed E-state index contributed by atoms with van der Waals surface area (Å²) < 4.78 is 21.7. The van der Waals surface area contributed by atoms with Crippen LogP contribution >= 0.6 is 0 Å². The largest absolute Gasteiger partial charge is 0.378 e. The van der Waals surface area contributed by atoms with Gasteiger partial charge in [-0.25, -0.2) is 0 Å². The highest BCUT2D eigenvalue weighted by Crippen LogP contribution is 2.41. The lowest BCUT2D eigenvalue weighted by atomic mass is 9.70. The Morgan fingerprint density at radius 3 is 2.40 bits per heavy atom. The molecule has 3 nitrogen and oxygen atoms in total. The van der Waals surface area contributed by atoms with Crippen molar-refractivity contribution in [2.75, 3.05) is 20.2 Å². The molecule has 0 radical (unpaired) electrons. The number of nitrogens with zero attached hydrogens (tertiary/aromatic N) is 1. The molecule has 1 rings (SSSR count). The zero-order valence-electron chi connectivity index (χ0n) is 12.4. The van der Waals surface area contributed by atoms with E-state index in [1.165, 1.54) is 11.8 Å². The summed E-state index contributed by atoms with van der Waals surface area (Å²) in [7, 11) is 1.63. The quantitative estimate of drug-likeness (QED) is 0.670. The Morgan fingerprint density at radius 2 is 2.07 bits per heavy atom. The minimum absolute atomic E-state index is 0.155. The normalized spacial score (nSPS) is 33.3. The number of rotatable bonds is 1. The lowest BCUT2D eigenvalue weighted by molar-refractivity contribution is -0.146. The van der Waals surface area contributed by atoms with Crippen LogP contribution in [0.15, 0.2) is 0 Å². The van der Waals surface area contributed by atoms with Crippen LogP contribution < -0.4 is 0 Å². The summed E-state index contributed by atoms with van der Waals surface area (Å²) in [5.41, 5.74) is -0.666. The Bertz CT molecular complexity index is 312. The van der Waals surface area contributed by atoms with E-state index < -0.39 is 12.1 Å². The smallest absolute Gasteiger partial charge is 0.219 e. The molecule has 0 aliphatic carbocycles. The third-order valence-electron chi connectivity index (χ3n) is 3.43. The Balaban J connectivity index is 3.02. The van der Waals surface area contributed by atoms with Crippen LogP contribution in [0.25, 0.3) is 0 Å². The molecule has 1 aliphatic rings.